The SMILES string of the molecule is CC1CCN(c2nc(N(C)Cc3ccccc3)nc3c2CN(C(=O)Nc2ccccc2)CC3)CC1. The molecule has 2 aliphatic rings. The van der Waals surface area contributed by atoms with Gasteiger partial charge in [0.25, 0.3) is 0 Å². The first-order valence-electron chi connectivity index (χ1n) is 12.6. The number of benzene rings is 2. The Kier molecular flexibility index (Phi) is 6.84. The first kappa shape index (κ1) is 23.1. The summed E-state index contributed by atoms with van der Waals surface area (Å²) >= 11 is 0. The summed E-state index contributed by atoms with van der Waals surface area (Å²) in [5.74, 6) is 2.48. The van der Waals surface area contributed by atoms with Gasteiger partial charge in [0, 0.05) is 50.9 Å². The number of nitrogens with one attached hydrogen (secondary N) is 1. The van der Waals surface area contributed by atoms with Crippen molar-refractivity contribution in [2.75, 3.05) is 41.8 Å². The first-order valence-corrected chi connectivity index (χ1v) is 12.6. The second-order valence-electron chi connectivity index (χ2n) is 9.75. The fraction of sp³-hybridized carbons (Fsp3) is 0.393. The minimum atomic E-state index is -0.0784. The van der Waals surface area contributed by atoms with Crippen molar-refractivity contribution in [3.63, 3.8) is 0 Å². The lowest BCUT2D eigenvalue weighted by atomic mass is 9.98. The van der Waals surface area contributed by atoms with Gasteiger partial charge in [0.2, 0.25) is 5.95 Å². The van der Waals surface area contributed by atoms with Crippen molar-refractivity contribution in [3.05, 3.63) is 77.5 Å². The van der Waals surface area contributed by atoms with Gasteiger partial charge in [0.15, 0.2) is 0 Å². The molecule has 0 saturated carbocycles. The standard InChI is InChI=1S/C28H34N6O/c1-21-13-16-33(17-14-21)26-24-20-34(28(35)29-23-11-7-4-8-12-23)18-15-25(24)30-27(31-26)32(2)19-22-9-5-3-6-10-22/h3-12,21H,13-20H2,1-2H3,(H,29,35). The summed E-state index contributed by atoms with van der Waals surface area (Å²) in [4.78, 5) is 29.5. The van der Waals surface area contributed by atoms with E-state index in [0.717, 1.165) is 73.5 Å². The molecule has 7 heteroatoms. The quantitative estimate of drug-likeness (QED) is 0.572. The van der Waals surface area contributed by atoms with Gasteiger partial charge in [-0.1, -0.05) is 55.5 Å². The molecule has 0 atom stereocenters. The van der Waals surface area contributed by atoms with E-state index in [9.17, 15) is 4.79 Å². The van der Waals surface area contributed by atoms with E-state index in [1.165, 1.54) is 5.56 Å². The van der Waals surface area contributed by atoms with E-state index in [0.29, 0.717) is 13.1 Å². The molecule has 7 nitrogen and oxygen atoms in total. The molecular formula is C28H34N6O. The van der Waals surface area contributed by atoms with Crippen LogP contribution in [0, 0.1) is 5.92 Å². The summed E-state index contributed by atoms with van der Waals surface area (Å²) in [5, 5.41) is 3.03. The lowest BCUT2D eigenvalue weighted by molar-refractivity contribution is 0.206. The molecule has 2 amide bonds. The van der Waals surface area contributed by atoms with E-state index >= 15 is 0 Å². The second kappa shape index (κ2) is 10.3. The fourth-order valence-electron chi connectivity index (χ4n) is 4.86. The van der Waals surface area contributed by atoms with Gasteiger partial charge in [-0.2, -0.15) is 4.98 Å². The highest BCUT2D eigenvalue weighted by Gasteiger charge is 2.29. The van der Waals surface area contributed by atoms with Crippen molar-refractivity contribution in [3.8, 4) is 0 Å². The molecule has 0 unspecified atom stereocenters. The van der Waals surface area contributed by atoms with Gasteiger partial charge >= 0.3 is 6.03 Å². The third-order valence-electron chi connectivity index (χ3n) is 7.03. The van der Waals surface area contributed by atoms with Gasteiger partial charge < -0.3 is 20.0 Å². The molecule has 1 fully saturated rings. The number of amides is 2. The van der Waals surface area contributed by atoms with Gasteiger partial charge in [-0.05, 0) is 36.5 Å². The smallest absolute Gasteiger partial charge is 0.322 e. The molecule has 2 aliphatic heterocycles. The fourth-order valence-corrected chi connectivity index (χ4v) is 4.86. The molecule has 1 N–H and O–H groups in total. The Morgan fingerprint density at radius 2 is 1.69 bits per heavy atom. The van der Waals surface area contributed by atoms with Crippen molar-refractivity contribution in [2.45, 2.75) is 39.3 Å². The molecule has 3 aromatic rings. The lowest BCUT2D eigenvalue weighted by Gasteiger charge is -2.36. The molecule has 0 aliphatic carbocycles. The third kappa shape index (κ3) is 5.39. The number of carbonyl (C=O) groups excluding carboxylic acids is 1. The normalized spacial score (nSPS) is 16.1. The maximum absolute atomic E-state index is 13.0. The van der Waals surface area contributed by atoms with Crippen LogP contribution in [-0.2, 0) is 19.5 Å². The van der Waals surface area contributed by atoms with Crippen LogP contribution in [0.3, 0.4) is 0 Å². The number of urea groups is 1. The van der Waals surface area contributed by atoms with Crippen molar-refractivity contribution in [2.24, 2.45) is 5.92 Å². The molecule has 2 aromatic carbocycles. The summed E-state index contributed by atoms with van der Waals surface area (Å²) in [6.45, 7) is 6.22. The number of piperidine rings is 1. The monoisotopic (exact) mass is 470 g/mol. The first-order chi connectivity index (χ1) is 17.1. The number of fused-ring (bicyclic) bond motifs is 1. The highest BCUT2D eigenvalue weighted by molar-refractivity contribution is 5.89. The average Bonchev–Trinajstić information content (AvgIpc) is 2.89. The number of anilines is 3. The second-order valence-corrected chi connectivity index (χ2v) is 9.75. The molecule has 0 bridgehead atoms. The minimum Gasteiger partial charge on any atom is -0.356 e. The Bertz CT molecular complexity index is 1140. The van der Waals surface area contributed by atoms with Gasteiger partial charge in [-0.3, -0.25) is 0 Å². The number of aromatic nitrogens is 2. The predicted molar refractivity (Wildman–Crippen MR) is 141 cm³/mol. The van der Waals surface area contributed by atoms with Gasteiger partial charge in [0.1, 0.15) is 5.82 Å². The van der Waals surface area contributed by atoms with E-state index in [4.69, 9.17) is 9.97 Å². The largest absolute Gasteiger partial charge is 0.356 e. The van der Waals surface area contributed by atoms with Crippen LogP contribution >= 0.6 is 0 Å². The molecule has 0 radical (unpaired) electrons. The van der Waals surface area contributed by atoms with E-state index < -0.39 is 0 Å². The Morgan fingerprint density at radius 1 is 1.00 bits per heavy atom. The van der Waals surface area contributed by atoms with Crippen LogP contribution in [0.5, 0.6) is 0 Å². The highest BCUT2D eigenvalue weighted by Crippen LogP contribution is 2.32. The lowest BCUT2D eigenvalue weighted by Crippen LogP contribution is -2.41. The highest BCUT2D eigenvalue weighted by atomic mass is 16.2. The number of rotatable bonds is 5. The molecule has 3 heterocycles. The zero-order chi connectivity index (χ0) is 24.2. The van der Waals surface area contributed by atoms with Crippen LogP contribution in [0.2, 0.25) is 0 Å². The summed E-state index contributed by atoms with van der Waals surface area (Å²) in [5.41, 5.74) is 4.19. The van der Waals surface area contributed by atoms with E-state index in [-0.39, 0.29) is 6.03 Å². The Balaban J connectivity index is 1.41. The zero-order valence-electron chi connectivity index (χ0n) is 20.7. The van der Waals surface area contributed by atoms with E-state index in [1.807, 2.05) is 41.3 Å². The van der Waals surface area contributed by atoms with Crippen molar-refractivity contribution < 1.29 is 4.79 Å². The minimum absolute atomic E-state index is 0.0784. The molecule has 1 saturated heterocycles. The topological polar surface area (TPSA) is 64.6 Å². The number of hydrogen-bond donors (Lipinski definition) is 1. The van der Waals surface area contributed by atoms with Gasteiger partial charge in [-0.15, -0.1) is 0 Å². The summed E-state index contributed by atoms with van der Waals surface area (Å²) in [7, 11) is 2.05. The average molecular weight is 471 g/mol. The Labute approximate surface area is 207 Å². The zero-order valence-corrected chi connectivity index (χ0v) is 20.7. The van der Waals surface area contributed by atoms with Gasteiger partial charge in [-0.25, -0.2) is 9.78 Å². The summed E-state index contributed by atoms with van der Waals surface area (Å²) in [6.07, 6.45) is 3.04. The van der Waals surface area contributed by atoms with Crippen LogP contribution < -0.4 is 15.1 Å². The van der Waals surface area contributed by atoms with Crippen LogP contribution in [0.1, 0.15) is 36.6 Å². The van der Waals surface area contributed by atoms with E-state index in [2.05, 4.69) is 53.4 Å². The number of hydrogen-bond acceptors (Lipinski definition) is 5. The van der Waals surface area contributed by atoms with Crippen LogP contribution in [0.25, 0.3) is 0 Å². The Hall–Kier alpha value is -3.61. The number of para-hydroxylation sites is 1. The predicted octanol–water partition coefficient (Wildman–Crippen LogP) is 4.94. The molecule has 5 rings (SSSR count). The third-order valence-corrected chi connectivity index (χ3v) is 7.03. The van der Waals surface area contributed by atoms with Crippen LogP contribution in [0.4, 0.5) is 22.2 Å². The maximum Gasteiger partial charge on any atom is 0.322 e. The van der Waals surface area contributed by atoms with Crippen molar-refractivity contribution in [1.82, 2.24) is 14.9 Å². The molecular weight excluding hydrogens is 436 g/mol. The van der Waals surface area contributed by atoms with E-state index in [1.54, 1.807) is 0 Å². The number of nitrogens with zero attached hydrogens (tertiary/aromatic N) is 5. The maximum atomic E-state index is 13.0. The van der Waals surface area contributed by atoms with Crippen molar-refractivity contribution >= 4 is 23.5 Å². The van der Waals surface area contributed by atoms with Gasteiger partial charge in [0.05, 0.1) is 12.2 Å². The Morgan fingerprint density at radius 3 is 2.40 bits per heavy atom. The molecule has 182 valence electrons. The van der Waals surface area contributed by atoms with Crippen molar-refractivity contribution in [1.29, 1.82) is 0 Å². The van der Waals surface area contributed by atoms with Crippen LogP contribution in [-0.4, -0.2) is 47.6 Å². The molecule has 35 heavy (non-hydrogen) atoms. The number of carbonyl (C=O) groups is 1. The summed E-state index contributed by atoms with van der Waals surface area (Å²) in [6, 6.07) is 20.0. The summed E-state index contributed by atoms with van der Waals surface area (Å²) < 4.78 is 0. The molecule has 0 spiro atoms. The molecule has 1 aromatic heterocycles. The van der Waals surface area contributed by atoms with Crippen LogP contribution in [0.15, 0.2) is 60.7 Å².